The van der Waals surface area contributed by atoms with Gasteiger partial charge in [-0.1, -0.05) is 40.5 Å². The molecule has 1 aliphatic heterocycles. The van der Waals surface area contributed by atoms with Crippen molar-refractivity contribution in [1.82, 2.24) is 20.4 Å². The summed E-state index contributed by atoms with van der Waals surface area (Å²) in [5, 5.41) is 6.87. The Bertz CT molecular complexity index is 444. The highest BCUT2D eigenvalue weighted by Gasteiger charge is 2.27. The minimum atomic E-state index is 0.00497. The molecule has 1 rings (SSSR count). The summed E-state index contributed by atoms with van der Waals surface area (Å²) in [4.78, 5) is 20.5. The number of likely N-dealkylation sites (N-methyl/N-ethyl adjacent to an activating group) is 1. The smallest absolute Gasteiger partial charge is 0.243 e. The summed E-state index contributed by atoms with van der Waals surface area (Å²) in [5.41, 5.74) is 0. The van der Waals surface area contributed by atoms with E-state index in [0.717, 1.165) is 58.2 Å². The van der Waals surface area contributed by atoms with Gasteiger partial charge >= 0.3 is 0 Å². The Morgan fingerprint density at radius 2 is 1.70 bits per heavy atom. The van der Waals surface area contributed by atoms with Gasteiger partial charge in [0.25, 0.3) is 0 Å². The molecule has 0 aromatic heterocycles. The van der Waals surface area contributed by atoms with Crippen LogP contribution in [0.15, 0.2) is 4.99 Å². The third-order valence-corrected chi connectivity index (χ3v) is 5.14. The Morgan fingerprint density at radius 3 is 2.22 bits per heavy atom. The number of hydrogen-bond acceptors (Lipinski definition) is 4. The van der Waals surface area contributed by atoms with E-state index in [-0.39, 0.29) is 12.5 Å². The Balaban J connectivity index is 2.78. The average Bonchev–Trinajstić information content (AvgIpc) is 2.66. The van der Waals surface area contributed by atoms with Crippen LogP contribution in [0.3, 0.4) is 0 Å². The van der Waals surface area contributed by atoms with Gasteiger partial charge in [-0.2, -0.15) is 0 Å². The van der Waals surface area contributed by atoms with Crippen molar-refractivity contribution in [2.75, 3.05) is 60.0 Å². The number of carbonyl (C=O) groups excluding carboxylic acids is 1. The third-order valence-electron chi connectivity index (χ3n) is 5.14. The summed E-state index contributed by atoms with van der Waals surface area (Å²) in [5.74, 6) is 1.87. The minimum Gasteiger partial charge on any atom is -0.379 e. The molecule has 0 radical (unpaired) electrons. The van der Waals surface area contributed by atoms with Crippen molar-refractivity contribution < 1.29 is 9.53 Å². The van der Waals surface area contributed by atoms with Gasteiger partial charge in [0.1, 0.15) is 6.54 Å². The van der Waals surface area contributed by atoms with E-state index < -0.39 is 0 Å². The fraction of sp³-hybridized carbons (Fsp3) is 0.900. The van der Waals surface area contributed by atoms with Crippen LogP contribution >= 0.6 is 0 Å². The molecule has 7 heteroatoms. The summed E-state index contributed by atoms with van der Waals surface area (Å²) >= 11 is 0. The third kappa shape index (κ3) is 8.93. The lowest BCUT2D eigenvalue weighted by Gasteiger charge is -2.39. The number of nitrogens with zero attached hydrogens (tertiary/aromatic N) is 3. The van der Waals surface area contributed by atoms with Crippen molar-refractivity contribution in [1.29, 1.82) is 0 Å². The fourth-order valence-corrected chi connectivity index (χ4v) is 3.30. The molecule has 1 atom stereocenters. The number of guanidine groups is 1. The molecule has 1 amide bonds. The van der Waals surface area contributed by atoms with Crippen LogP contribution in [0.25, 0.3) is 0 Å². The van der Waals surface area contributed by atoms with Crippen LogP contribution < -0.4 is 10.6 Å². The molecule has 27 heavy (non-hydrogen) atoms. The predicted octanol–water partition coefficient (Wildman–Crippen LogP) is 1.40. The van der Waals surface area contributed by atoms with E-state index in [2.05, 4.69) is 48.2 Å². The number of ether oxygens (including phenoxy) is 1. The van der Waals surface area contributed by atoms with Crippen LogP contribution in [0.5, 0.6) is 0 Å². The second-order valence-electron chi connectivity index (χ2n) is 7.90. The maximum Gasteiger partial charge on any atom is 0.243 e. The molecule has 158 valence electrons. The Kier molecular flexibility index (Phi) is 11.4. The maximum absolute atomic E-state index is 11.9. The summed E-state index contributed by atoms with van der Waals surface area (Å²) in [6.45, 7) is 14.2. The van der Waals surface area contributed by atoms with E-state index in [9.17, 15) is 4.79 Å². The average molecular weight is 384 g/mol. The highest BCUT2D eigenvalue weighted by molar-refractivity contribution is 5.84. The highest BCUT2D eigenvalue weighted by Crippen LogP contribution is 2.19. The van der Waals surface area contributed by atoms with Crippen molar-refractivity contribution in [2.45, 2.75) is 46.6 Å². The molecule has 0 bridgehead atoms. The van der Waals surface area contributed by atoms with Crippen molar-refractivity contribution in [3.8, 4) is 0 Å². The highest BCUT2D eigenvalue weighted by atomic mass is 16.5. The van der Waals surface area contributed by atoms with E-state index in [4.69, 9.17) is 4.74 Å². The van der Waals surface area contributed by atoms with Crippen molar-refractivity contribution in [3.63, 3.8) is 0 Å². The minimum absolute atomic E-state index is 0.00497. The molecular formula is C20H41N5O2. The molecule has 0 aromatic carbocycles. The fourth-order valence-electron chi connectivity index (χ4n) is 3.30. The lowest BCUT2D eigenvalue weighted by Crippen LogP contribution is -2.53. The molecule has 7 nitrogen and oxygen atoms in total. The number of carbonyl (C=O) groups is 1. The second-order valence-corrected chi connectivity index (χ2v) is 7.90. The number of morpholine rings is 1. The quantitative estimate of drug-likeness (QED) is 0.441. The van der Waals surface area contributed by atoms with Gasteiger partial charge in [0.15, 0.2) is 5.96 Å². The van der Waals surface area contributed by atoms with E-state index in [1.807, 2.05) is 0 Å². The summed E-state index contributed by atoms with van der Waals surface area (Å²) in [6, 6.07) is 0.444. The molecule has 1 fully saturated rings. The topological polar surface area (TPSA) is 69.2 Å². The Morgan fingerprint density at radius 1 is 1.11 bits per heavy atom. The maximum atomic E-state index is 11.9. The summed E-state index contributed by atoms with van der Waals surface area (Å²) in [6.07, 6.45) is 2.32. The monoisotopic (exact) mass is 383 g/mol. The first kappa shape index (κ1) is 23.7. The molecule has 1 unspecified atom stereocenters. The van der Waals surface area contributed by atoms with E-state index >= 15 is 0 Å². The molecule has 0 aromatic rings. The predicted molar refractivity (Wildman–Crippen MR) is 112 cm³/mol. The van der Waals surface area contributed by atoms with Crippen molar-refractivity contribution in [2.24, 2.45) is 16.8 Å². The lowest BCUT2D eigenvalue weighted by molar-refractivity contribution is -0.127. The van der Waals surface area contributed by atoms with E-state index in [1.54, 1.807) is 19.0 Å². The Hall–Kier alpha value is -1.34. The zero-order valence-electron chi connectivity index (χ0n) is 18.3. The van der Waals surface area contributed by atoms with Gasteiger partial charge in [-0.25, -0.2) is 4.99 Å². The van der Waals surface area contributed by atoms with E-state index in [0.29, 0.717) is 17.9 Å². The molecule has 0 aliphatic carbocycles. The van der Waals surface area contributed by atoms with Gasteiger partial charge < -0.3 is 20.3 Å². The number of hydrogen-bond donors (Lipinski definition) is 2. The standard InChI is InChI=1S/C20H41N5O2/c1-7-17(8-2)18(25-9-11-27-12-10-25)14-22-20(21-13-16(3)4)23-15-19(26)24(5)6/h16-18H,7-15H2,1-6H3,(H2,21,22,23). The lowest BCUT2D eigenvalue weighted by atomic mass is 9.92. The normalized spacial score (nSPS) is 17.3. The van der Waals surface area contributed by atoms with Gasteiger partial charge in [0.2, 0.25) is 5.91 Å². The van der Waals surface area contributed by atoms with Crippen molar-refractivity contribution in [3.05, 3.63) is 0 Å². The summed E-state index contributed by atoms with van der Waals surface area (Å²) < 4.78 is 5.53. The molecule has 2 N–H and O–H groups in total. The van der Waals surface area contributed by atoms with E-state index in [1.165, 1.54) is 0 Å². The second kappa shape index (κ2) is 12.9. The van der Waals surface area contributed by atoms with Crippen LogP contribution in [0.4, 0.5) is 0 Å². The van der Waals surface area contributed by atoms with Gasteiger partial charge in [0, 0.05) is 46.3 Å². The molecular weight excluding hydrogens is 342 g/mol. The first-order valence-corrected chi connectivity index (χ1v) is 10.4. The number of rotatable bonds is 10. The number of nitrogens with one attached hydrogen (secondary N) is 2. The van der Waals surface area contributed by atoms with Crippen LogP contribution in [-0.4, -0.2) is 87.7 Å². The van der Waals surface area contributed by atoms with Crippen LogP contribution in [0, 0.1) is 11.8 Å². The van der Waals surface area contributed by atoms with Crippen LogP contribution in [0.2, 0.25) is 0 Å². The number of aliphatic imine (C=N–C) groups is 1. The van der Waals surface area contributed by atoms with Crippen LogP contribution in [0.1, 0.15) is 40.5 Å². The number of amides is 1. The molecule has 1 saturated heterocycles. The van der Waals surface area contributed by atoms with Gasteiger partial charge in [0.05, 0.1) is 13.2 Å². The SMILES string of the molecule is CCC(CC)C(CNC(=NCC(=O)N(C)C)NCC(C)C)N1CCOCC1. The van der Waals surface area contributed by atoms with Gasteiger partial charge in [-0.3, -0.25) is 9.69 Å². The first-order valence-electron chi connectivity index (χ1n) is 10.4. The van der Waals surface area contributed by atoms with Crippen LogP contribution in [-0.2, 0) is 9.53 Å². The molecule has 1 heterocycles. The zero-order valence-corrected chi connectivity index (χ0v) is 18.3. The van der Waals surface area contributed by atoms with Gasteiger partial charge in [-0.15, -0.1) is 0 Å². The van der Waals surface area contributed by atoms with Crippen molar-refractivity contribution >= 4 is 11.9 Å². The molecule has 1 aliphatic rings. The molecule has 0 spiro atoms. The zero-order chi connectivity index (χ0) is 20.2. The molecule has 0 saturated carbocycles. The summed E-state index contributed by atoms with van der Waals surface area (Å²) in [7, 11) is 3.52. The first-order chi connectivity index (χ1) is 12.9. The Labute approximate surface area is 165 Å². The largest absolute Gasteiger partial charge is 0.379 e. The van der Waals surface area contributed by atoms with Gasteiger partial charge in [-0.05, 0) is 11.8 Å².